The van der Waals surface area contributed by atoms with Crippen molar-refractivity contribution >= 4 is 92.3 Å². The zero-order chi connectivity index (χ0) is 46.2. The molecule has 366 valence electrons. The van der Waals surface area contributed by atoms with Gasteiger partial charge in [-0.1, -0.05) is 60.1 Å². The number of fused-ring (bicyclic) bond motifs is 4. The largest absolute Gasteiger partial charge is 1.00 e. The van der Waals surface area contributed by atoms with E-state index in [1.54, 1.807) is 24.2 Å². The number of H-pyrrole nitrogens is 2. The van der Waals surface area contributed by atoms with Gasteiger partial charge >= 0.3 is 35.7 Å². The van der Waals surface area contributed by atoms with Crippen LogP contribution in [0.3, 0.4) is 0 Å². The van der Waals surface area contributed by atoms with Crippen LogP contribution in [0.4, 0.5) is 16.7 Å². The molecule has 2 saturated heterocycles. The van der Waals surface area contributed by atoms with Crippen LogP contribution in [0.2, 0.25) is 0 Å². The molecule has 0 radical (unpaired) electrons. The Hall–Kier alpha value is -4.37. The van der Waals surface area contributed by atoms with Gasteiger partial charge in [-0.3, -0.25) is 24.6 Å². The van der Waals surface area contributed by atoms with E-state index in [1.165, 1.54) is 19.3 Å². The van der Waals surface area contributed by atoms with E-state index in [-0.39, 0.29) is 68.0 Å². The predicted octanol–water partition coefficient (Wildman–Crippen LogP) is 6.74. The quantitative estimate of drug-likeness (QED) is 0.0615. The van der Waals surface area contributed by atoms with E-state index in [4.69, 9.17) is 15.5 Å². The number of thiol groups is 1. The van der Waals surface area contributed by atoms with E-state index < -0.39 is 5.60 Å². The molecule has 6 aromatic heterocycles. The van der Waals surface area contributed by atoms with Crippen molar-refractivity contribution in [2.75, 3.05) is 36.0 Å². The summed E-state index contributed by atoms with van der Waals surface area (Å²) in [6.07, 6.45) is 26.1. The number of hydrogen-bond acceptors (Lipinski definition) is 13. The first kappa shape index (κ1) is 53.4. The molecule has 4 fully saturated rings. The van der Waals surface area contributed by atoms with Crippen LogP contribution >= 0.6 is 27.7 Å². The maximum Gasteiger partial charge on any atom is 1.00 e. The second-order valence-electron chi connectivity index (χ2n) is 19.5. The second kappa shape index (κ2) is 22.6. The number of nitrogens with one attached hydrogen (secondary N) is 3. The van der Waals surface area contributed by atoms with Crippen LogP contribution in [0, 0.1) is 16.9 Å². The van der Waals surface area contributed by atoms with Crippen molar-refractivity contribution in [1.29, 1.82) is 0 Å². The minimum Gasteiger partial charge on any atom is -0.813 e. The van der Waals surface area contributed by atoms with Crippen LogP contribution in [-0.2, 0) is 18.2 Å². The summed E-state index contributed by atoms with van der Waals surface area (Å²) >= 11 is 5.05. The van der Waals surface area contributed by atoms with Gasteiger partial charge in [0.25, 0.3) is 0 Å². The average molecular weight is 1060 g/mol. The van der Waals surface area contributed by atoms with Crippen LogP contribution in [-0.4, -0.2) is 99.1 Å². The van der Waals surface area contributed by atoms with E-state index in [0.717, 1.165) is 130 Å². The van der Waals surface area contributed by atoms with Gasteiger partial charge in [0.1, 0.15) is 5.60 Å². The number of ether oxygens (including phenoxy) is 1. The van der Waals surface area contributed by atoms with E-state index >= 15 is 0 Å². The molecule has 2 saturated carbocycles. The van der Waals surface area contributed by atoms with Gasteiger partial charge in [0.15, 0.2) is 5.65 Å². The molecule has 8 heterocycles. The Morgan fingerprint density at radius 1 is 0.814 bits per heavy atom. The van der Waals surface area contributed by atoms with Crippen molar-refractivity contribution in [3.05, 3.63) is 96.5 Å². The van der Waals surface area contributed by atoms with E-state index in [9.17, 15) is 4.79 Å². The first-order chi connectivity index (χ1) is 32.4. The van der Waals surface area contributed by atoms with Crippen LogP contribution < -0.4 is 50.4 Å². The first-order valence-electron chi connectivity index (χ1n) is 23.4. The summed E-state index contributed by atoms with van der Waals surface area (Å²) < 4.78 is 10.7. The van der Waals surface area contributed by atoms with Crippen molar-refractivity contribution in [2.24, 2.45) is 16.6 Å². The first-order valence-corrected chi connectivity index (χ1v) is 25.0. The number of piperidine rings is 2. The van der Waals surface area contributed by atoms with Crippen molar-refractivity contribution in [2.45, 2.75) is 120 Å². The Morgan fingerprint density at radius 3 is 2.11 bits per heavy atom. The van der Waals surface area contributed by atoms with Crippen LogP contribution in [0.1, 0.15) is 92.4 Å². The number of halogens is 1. The number of alkyl carbamates (subject to hydrolysis) is 1. The Kier molecular flexibility index (Phi) is 17.2. The molecule has 16 nitrogen and oxygen atoms in total. The standard InChI is InChI=1S/C22H25N7S.C20H28N5O2.C7H5BrN2.CH4.Na.H2S/c23-19-2-1-5-22(19)6-9-28(10-7-22)21-25-14-18(20-24-8-11-29(20)21)30-16-4-3-15-13-26-27-17(15)12-16;1-19(2,3)27-18(26)23-15-5-4-7-20(15)8-12-24(13-9-20)17-22-10-6-16-21-11-14-25(16)17;8-6-2-1-5-4-9-10-7(5)3-6;;;/h3-4,8,11-14,19H,1-2,5-7,9-10,23H2,(H,26,27);10-11,14-15H,4-5,7-9,12-13H2,1-3H3,(H,23,26);1-4H,(H,9,10);1H4;;1H2/q;-1;;;+1;/p-1/t19-;15-;;;;/m11..../s1. The summed E-state index contributed by atoms with van der Waals surface area (Å²) in [5, 5.41) is 19.3. The number of nitrogens with two attached hydrogens (primary N) is 1. The molecule has 4 aliphatic rings. The fourth-order valence-electron chi connectivity index (χ4n) is 10.7. The molecule has 0 unspecified atom stereocenters. The van der Waals surface area contributed by atoms with Crippen molar-refractivity contribution in [3.63, 3.8) is 0 Å². The number of rotatable bonds is 5. The molecule has 12 rings (SSSR count). The number of carbonyl (C=O) groups is 1. The van der Waals surface area contributed by atoms with Crippen molar-refractivity contribution in [3.8, 4) is 0 Å². The summed E-state index contributed by atoms with van der Waals surface area (Å²) in [5.41, 5.74) is 10.4. The molecule has 2 aromatic carbocycles. The molecule has 2 atom stereocenters. The SMILES string of the molecule is Brc1ccc2cn[nH]c2c1.C.CC(C)(C)OC(=O)N[C@@H]1CCCC12CCN(c1nc[c-]c3nccn13)CC2.N[C@@H]1CCCC12CCN(c1ncc(Sc3ccc4cn[nH]c4c3)c3nccn13)CC2.[Na+].[SH-]. The molecule has 70 heavy (non-hydrogen) atoms. The molecule has 2 aliphatic heterocycles. The Bertz CT molecular complexity index is 2990. The molecule has 0 bridgehead atoms. The topological polar surface area (TPSA) is 189 Å². The van der Waals surface area contributed by atoms with Gasteiger partial charge in [0.2, 0.25) is 11.9 Å². The summed E-state index contributed by atoms with van der Waals surface area (Å²) in [7, 11) is 0. The zero-order valence-electron chi connectivity index (χ0n) is 39.7. The van der Waals surface area contributed by atoms with Gasteiger partial charge in [-0.05, 0) is 113 Å². The van der Waals surface area contributed by atoms with Crippen LogP contribution in [0.25, 0.3) is 33.1 Å². The number of nitrogens with zero attached hydrogens (tertiary/aromatic N) is 10. The number of imidazole rings is 2. The fourth-order valence-corrected chi connectivity index (χ4v) is 12.0. The van der Waals surface area contributed by atoms with Gasteiger partial charge in [-0.15, -0.1) is 6.20 Å². The average Bonchev–Trinajstić information content (AvgIpc) is 4.19. The van der Waals surface area contributed by atoms with Gasteiger partial charge < -0.3 is 49.5 Å². The number of hydrogen-bond donors (Lipinski definition) is 4. The third-order valence-electron chi connectivity index (χ3n) is 14.3. The Balaban J connectivity index is 0.000000167. The Labute approximate surface area is 451 Å². The van der Waals surface area contributed by atoms with Crippen LogP contribution in [0.15, 0.2) is 100 Å². The smallest absolute Gasteiger partial charge is 0.813 e. The number of benzene rings is 2. The summed E-state index contributed by atoms with van der Waals surface area (Å²) in [5.74, 6) is 1.91. The van der Waals surface area contributed by atoms with Crippen molar-refractivity contribution < 1.29 is 39.1 Å². The van der Waals surface area contributed by atoms with Gasteiger partial charge in [0.05, 0.1) is 28.3 Å². The molecule has 2 aliphatic carbocycles. The summed E-state index contributed by atoms with van der Waals surface area (Å²) in [6.45, 7) is 9.57. The predicted molar refractivity (Wildman–Crippen MR) is 281 cm³/mol. The van der Waals surface area contributed by atoms with Crippen molar-refractivity contribution in [1.82, 2.24) is 54.4 Å². The molecule has 8 aromatic rings. The van der Waals surface area contributed by atoms with Crippen LogP contribution in [0.5, 0.6) is 0 Å². The number of anilines is 2. The number of carbonyl (C=O) groups excluding carboxylic acids is 1. The molecular formula is C50H63BrN14NaO2S2-. The minimum absolute atomic E-state index is 0. The third-order valence-corrected chi connectivity index (χ3v) is 15.8. The van der Waals surface area contributed by atoms with E-state index in [0.29, 0.717) is 11.5 Å². The third kappa shape index (κ3) is 11.5. The molecule has 2 spiro atoms. The van der Waals surface area contributed by atoms with E-state index in [1.807, 2.05) is 80.6 Å². The van der Waals surface area contributed by atoms with E-state index in [2.05, 4.69) is 95.1 Å². The maximum absolute atomic E-state index is 12.3. The number of amides is 1. The zero-order valence-corrected chi connectivity index (χ0v) is 45.0. The molecule has 20 heteroatoms. The second-order valence-corrected chi connectivity index (χ2v) is 21.5. The number of aromatic nitrogens is 10. The molecule has 5 N–H and O–H groups in total. The minimum atomic E-state index is -0.467. The van der Waals surface area contributed by atoms with Gasteiger partial charge in [-0.2, -0.15) is 10.2 Å². The maximum atomic E-state index is 12.3. The summed E-state index contributed by atoms with van der Waals surface area (Å²) in [4.78, 5) is 37.5. The van der Waals surface area contributed by atoms with Gasteiger partial charge in [0, 0.05) is 89.4 Å². The Morgan fingerprint density at radius 2 is 1.43 bits per heavy atom. The van der Waals surface area contributed by atoms with Gasteiger partial charge in [-0.25, -0.2) is 14.8 Å². The summed E-state index contributed by atoms with van der Waals surface area (Å²) in [6, 6.07) is 16.0. The normalized spacial score (nSPS) is 19.2. The fraction of sp³-hybridized carbons (Fsp3) is 0.460. The number of aromatic amines is 2. The molecular weight excluding hydrogens is 996 g/mol. The monoisotopic (exact) mass is 1060 g/mol. The molecule has 1 amide bonds.